The van der Waals surface area contributed by atoms with Crippen LogP contribution >= 0.6 is 0 Å². The molecule has 1 aromatic heterocycles. The van der Waals surface area contributed by atoms with E-state index >= 15 is 0 Å². The van der Waals surface area contributed by atoms with Crippen LogP contribution in [0.2, 0.25) is 0 Å². The monoisotopic (exact) mass is 193 g/mol. The lowest BCUT2D eigenvalue weighted by atomic mass is 10.2. The molecule has 1 heterocycles. The summed E-state index contributed by atoms with van der Waals surface area (Å²) in [7, 11) is 1.58. The third-order valence-corrected chi connectivity index (χ3v) is 2.06. The molecule has 0 aliphatic heterocycles. The van der Waals surface area contributed by atoms with Crippen molar-refractivity contribution >= 4 is 16.7 Å². The van der Waals surface area contributed by atoms with E-state index in [4.69, 9.17) is 20.0 Å². The highest BCUT2D eigenvalue weighted by atomic mass is 16.5. The zero-order valence-electron chi connectivity index (χ0n) is 7.78. The van der Waals surface area contributed by atoms with Crippen LogP contribution in [0.5, 0.6) is 5.75 Å². The molecule has 4 heteroatoms. The molecule has 0 bridgehead atoms. The van der Waals surface area contributed by atoms with E-state index in [0.29, 0.717) is 22.8 Å². The van der Waals surface area contributed by atoms with Crippen molar-refractivity contribution in [2.24, 2.45) is 0 Å². The van der Waals surface area contributed by atoms with Gasteiger partial charge in [-0.05, 0) is 12.1 Å². The minimum absolute atomic E-state index is 0.129. The van der Waals surface area contributed by atoms with Crippen LogP contribution in [0.1, 0.15) is 5.76 Å². The second kappa shape index (κ2) is 3.23. The number of furan rings is 1. The molecule has 0 aliphatic carbocycles. The van der Waals surface area contributed by atoms with Gasteiger partial charge in [-0.2, -0.15) is 0 Å². The molecular weight excluding hydrogens is 182 g/mol. The molecule has 0 aliphatic rings. The summed E-state index contributed by atoms with van der Waals surface area (Å²) in [4.78, 5) is 0. The van der Waals surface area contributed by atoms with E-state index in [1.165, 1.54) is 0 Å². The van der Waals surface area contributed by atoms with Crippen LogP contribution in [0.25, 0.3) is 11.0 Å². The zero-order chi connectivity index (χ0) is 10.1. The van der Waals surface area contributed by atoms with E-state index in [1.54, 1.807) is 19.2 Å². The summed E-state index contributed by atoms with van der Waals surface area (Å²) in [6.45, 7) is -0.129. The van der Waals surface area contributed by atoms with Crippen molar-refractivity contribution in [2.75, 3.05) is 12.8 Å². The number of fused-ring (bicyclic) bond motifs is 1. The quantitative estimate of drug-likeness (QED) is 0.709. The molecule has 1 aromatic carbocycles. The highest BCUT2D eigenvalue weighted by Crippen LogP contribution is 2.29. The Labute approximate surface area is 80.9 Å². The Bertz CT molecular complexity index is 462. The van der Waals surface area contributed by atoms with Crippen LogP contribution in [0, 0.1) is 0 Å². The molecular formula is C10H11NO3. The average Bonchev–Trinajstić information content (AvgIpc) is 2.61. The van der Waals surface area contributed by atoms with Gasteiger partial charge in [-0.3, -0.25) is 0 Å². The molecule has 4 nitrogen and oxygen atoms in total. The predicted octanol–water partition coefficient (Wildman–Crippen LogP) is 1.52. The van der Waals surface area contributed by atoms with E-state index in [0.717, 1.165) is 5.39 Å². The van der Waals surface area contributed by atoms with Crippen molar-refractivity contribution in [2.45, 2.75) is 6.61 Å². The first kappa shape index (κ1) is 8.90. The van der Waals surface area contributed by atoms with Crippen molar-refractivity contribution in [3.8, 4) is 5.75 Å². The lowest BCUT2D eigenvalue weighted by molar-refractivity contribution is 0.251. The number of benzene rings is 1. The topological polar surface area (TPSA) is 68.6 Å². The smallest absolute Gasteiger partial charge is 0.157 e. The summed E-state index contributed by atoms with van der Waals surface area (Å²) in [5.41, 5.74) is 6.85. The van der Waals surface area contributed by atoms with Crippen LogP contribution in [-0.2, 0) is 6.61 Å². The Morgan fingerprint density at radius 3 is 2.86 bits per heavy atom. The van der Waals surface area contributed by atoms with Crippen molar-refractivity contribution in [3.63, 3.8) is 0 Å². The molecule has 2 aromatic rings. The maximum absolute atomic E-state index is 8.89. The van der Waals surface area contributed by atoms with Crippen LogP contribution in [-0.4, -0.2) is 12.2 Å². The third kappa shape index (κ3) is 1.29. The van der Waals surface area contributed by atoms with Gasteiger partial charge in [0.15, 0.2) is 5.58 Å². The fraction of sp³-hybridized carbons (Fsp3) is 0.200. The van der Waals surface area contributed by atoms with E-state index in [2.05, 4.69) is 0 Å². The Morgan fingerprint density at radius 2 is 2.21 bits per heavy atom. The van der Waals surface area contributed by atoms with Crippen LogP contribution in [0.3, 0.4) is 0 Å². The first-order valence-corrected chi connectivity index (χ1v) is 4.21. The number of hydrogen-bond acceptors (Lipinski definition) is 4. The van der Waals surface area contributed by atoms with Gasteiger partial charge >= 0.3 is 0 Å². The van der Waals surface area contributed by atoms with Gasteiger partial charge in [0.25, 0.3) is 0 Å². The van der Waals surface area contributed by atoms with Gasteiger partial charge in [0.05, 0.1) is 12.8 Å². The lowest BCUT2D eigenvalue weighted by Crippen LogP contribution is -1.88. The summed E-state index contributed by atoms with van der Waals surface area (Å²) in [5.74, 6) is 1.18. The summed E-state index contributed by atoms with van der Waals surface area (Å²) in [5, 5.41) is 9.73. The van der Waals surface area contributed by atoms with Crippen LogP contribution in [0.15, 0.2) is 22.6 Å². The number of aliphatic hydroxyl groups excluding tert-OH is 1. The number of hydrogen-bond donors (Lipinski definition) is 2. The van der Waals surface area contributed by atoms with Gasteiger partial charge in [-0.25, -0.2) is 0 Å². The molecule has 0 amide bonds. The maximum atomic E-state index is 8.89. The second-order valence-corrected chi connectivity index (χ2v) is 3.01. The maximum Gasteiger partial charge on any atom is 0.157 e. The fourth-order valence-electron chi connectivity index (χ4n) is 1.40. The Kier molecular flexibility index (Phi) is 2.05. The molecule has 0 radical (unpaired) electrons. The molecule has 3 N–H and O–H groups in total. The highest BCUT2D eigenvalue weighted by molar-refractivity contribution is 5.90. The number of nitrogens with two attached hydrogens (primary N) is 1. The molecule has 74 valence electrons. The second-order valence-electron chi connectivity index (χ2n) is 3.01. The number of rotatable bonds is 2. The first-order chi connectivity index (χ1) is 6.74. The van der Waals surface area contributed by atoms with Gasteiger partial charge < -0.3 is 20.0 Å². The molecule has 0 saturated heterocycles. The van der Waals surface area contributed by atoms with Crippen molar-refractivity contribution in [1.29, 1.82) is 0 Å². The van der Waals surface area contributed by atoms with E-state index in [1.807, 2.05) is 6.07 Å². The predicted molar refractivity (Wildman–Crippen MR) is 53.1 cm³/mol. The van der Waals surface area contributed by atoms with Crippen molar-refractivity contribution in [3.05, 3.63) is 24.0 Å². The van der Waals surface area contributed by atoms with Gasteiger partial charge in [-0.1, -0.05) is 0 Å². The molecule has 0 atom stereocenters. The molecule has 0 fully saturated rings. The minimum atomic E-state index is -0.129. The number of methoxy groups -OCH3 is 1. The molecule has 0 spiro atoms. The zero-order valence-corrected chi connectivity index (χ0v) is 7.78. The SMILES string of the molecule is COc1cc(N)c2oc(CO)cc2c1. The number of nitrogen functional groups attached to an aromatic ring is 1. The van der Waals surface area contributed by atoms with E-state index < -0.39 is 0 Å². The van der Waals surface area contributed by atoms with Gasteiger partial charge in [0.1, 0.15) is 18.1 Å². The molecule has 14 heavy (non-hydrogen) atoms. The Hall–Kier alpha value is -1.68. The Balaban J connectivity index is 2.67. The summed E-state index contributed by atoms with van der Waals surface area (Å²) in [6, 6.07) is 5.25. The molecule has 2 rings (SSSR count). The van der Waals surface area contributed by atoms with Crippen molar-refractivity contribution in [1.82, 2.24) is 0 Å². The summed E-state index contributed by atoms with van der Waals surface area (Å²) >= 11 is 0. The largest absolute Gasteiger partial charge is 0.497 e. The normalized spacial score (nSPS) is 10.7. The van der Waals surface area contributed by atoms with Gasteiger partial charge in [0, 0.05) is 11.5 Å². The number of aliphatic hydroxyl groups is 1. The van der Waals surface area contributed by atoms with Crippen LogP contribution < -0.4 is 10.5 Å². The number of anilines is 1. The lowest BCUT2D eigenvalue weighted by Gasteiger charge is -2.00. The minimum Gasteiger partial charge on any atom is -0.497 e. The first-order valence-electron chi connectivity index (χ1n) is 4.21. The Morgan fingerprint density at radius 1 is 1.43 bits per heavy atom. The summed E-state index contributed by atoms with van der Waals surface area (Å²) in [6.07, 6.45) is 0. The number of ether oxygens (including phenoxy) is 1. The van der Waals surface area contributed by atoms with Gasteiger partial charge in [-0.15, -0.1) is 0 Å². The molecule has 0 unspecified atom stereocenters. The van der Waals surface area contributed by atoms with Crippen LogP contribution in [0.4, 0.5) is 5.69 Å². The highest BCUT2D eigenvalue weighted by Gasteiger charge is 2.07. The summed E-state index contributed by atoms with van der Waals surface area (Å²) < 4.78 is 10.4. The van der Waals surface area contributed by atoms with Crippen molar-refractivity contribution < 1.29 is 14.3 Å². The standard InChI is InChI=1S/C10H11NO3/c1-13-7-2-6-3-8(5-12)14-10(6)9(11)4-7/h2-4,12H,5,11H2,1H3. The third-order valence-electron chi connectivity index (χ3n) is 2.06. The van der Waals surface area contributed by atoms with E-state index in [9.17, 15) is 0 Å². The average molecular weight is 193 g/mol. The van der Waals surface area contributed by atoms with E-state index in [-0.39, 0.29) is 6.61 Å². The molecule has 0 saturated carbocycles. The fourth-order valence-corrected chi connectivity index (χ4v) is 1.40. The van der Waals surface area contributed by atoms with Gasteiger partial charge in [0.2, 0.25) is 0 Å².